The molecule has 4 rings (SSSR count). The molecule has 0 aliphatic carbocycles. The first-order valence-electron chi connectivity index (χ1n) is 8.96. The number of ether oxygens (including phenoxy) is 1. The largest absolute Gasteiger partial charge is 0.423 e. The molecule has 25 heavy (non-hydrogen) atoms. The number of oxazole rings is 1. The van der Waals surface area contributed by atoms with Crippen LogP contribution in [0.15, 0.2) is 22.6 Å². The number of morpholine rings is 1. The maximum atomic E-state index is 12.5. The first kappa shape index (κ1) is 16.4. The van der Waals surface area contributed by atoms with Crippen molar-refractivity contribution in [2.24, 2.45) is 5.92 Å². The van der Waals surface area contributed by atoms with Gasteiger partial charge in [-0.15, -0.1) is 0 Å². The number of nitrogens with zero attached hydrogens (tertiary/aromatic N) is 2. The summed E-state index contributed by atoms with van der Waals surface area (Å²) in [5, 5.41) is 6.40. The lowest BCUT2D eigenvalue weighted by atomic mass is 9.92. The number of rotatable bonds is 3. The highest BCUT2D eigenvalue weighted by Crippen LogP contribution is 2.26. The number of hydrogen-bond donors (Lipinski definition) is 2. The van der Waals surface area contributed by atoms with Gasteiger partial charge in [0.05, 0.1) is 13.2 Å². The predicted molar refractivity (Wildman–Crippen MR) is 95.9 cm³/mol. The molecule has 0 unspecified atom stereocenters. The van der Waals surface area contributed by atoms with E-state index in [0.29, 0.717) is 30.9 Å². The van der Waals surface area contributed by atoms with Crippen molar-refractivity contribution in [3.8, 4) is 0 Å². The minimum atomic E-state index is 0.0607. The highest BCUT2D eigenvalue weighted by Gasteiger charge is 2.25. The minimum Gasteiger partial charge on any atom is -0.423 e. The van der Waals surface area contributed by atoms with E-state index in [-0.39, 0.29) is 11.8 Å². The van der Waals surface area contributed by atoms with Crippen molar-refractivity contribution in [1.29, 1.82) is 0 Å². The van der Waals surface area contributed by atoms with Gasteiger partial charge in [0, 0.05) is 36.8 Å². The Morgan fingerprint density at radius 1 is 1.36 bits per heavy atom. The topological polar surface area (TPSA) is 79.6 Å². The van der Waals surface area contributed by atoms with Crippen LogP contribution in [0.2, 0.25) is 0 Å². The molecule has 0 bridgehead atoms. The Hall–Kier alpha value is -2.12. The second kappa shape index (κ2) is 7.01. The fraction of sp³-hybridized carbons (Fsp3) is 0.556. The summed E-state index contributed by atoms with van der Waals surface area (Å²) in [6.45, 7) is 5.95. The second-order valence-electron chi connectivity index (χ2n) is 6.84. The van der Waals surface area contributed by atoms with Crippen LogP contribution < -0.4 is 15.5 Å². The Bertz CT molecular complexity index is 754. The highest BCUT2D eigenvalue weighted by molar-refractivity contribution is 5.94. The molecule has 2 aromatic rings. The number of anilines is 2. The van der Waals surface area contributed by atoms with Gasteiger partial charge in [0.2, 0.25) is 5.91 Å². The number of piperidine rings is 1. The Kier molecular flexibility index (Phi) is 4.59. The zero-order valence-corrected chi connectivity index (χ0v) is 14.5. The normalized spacial score (nSPS) is 24.4. The predicted octanol–water partition coefficient (Wildman–Crippen LogP) is 1.99. The van der Waals surface area contributed by atoms with Crippen molar-refractivity contribution in [3.63, 3.8) is 0 Å². The van der Waals surface area contributed by atoms with E-state index in [1.165, 1.54) is 0 Å². The molecule has 2 atom stereocenters. The fourth-order valence-corrected chi connectivity index (χ4v) is 3.49. The van der Waals surface area contributed by atoms with Crippen LogP contribution in [0.1, 0.15) is 19.8 Å². The molecule has 2 aliphatic rings. The first-order chi connectivity index (χ1) is 12.2. The van der Waals surface area contributed by atoms with Gasteiger partial charge in [-0.3, -0.25) is 4.79 Å². The standard InChI is InChI=1S/C18H24N4O3/c1-12-10-13(4-5-19-12)17(23)20-14-2-3-15-16(11-14)25-18(21-15)22-6-8-24-9-7-22/h2-3,11-13,19H,4-10H2,1H3,(H,20,23)/t12-,13-/m0/s1. The molecule has 134 valence electrons. The smallest absolute Gasteiger partial charge is 0.298 e. The molecule has 2 aliphatic heterocycles. The summed E-state index contributed by atoms with van der Waals surface area (Å²) in [7, 11) is 0. The molecule has 2 saturated heterocycles. The van der Waals surface area contributed by atoms with Crippen LogP contribution in [-0.4, -0.2) is 49.8 Å². The van der Waals surface area contributed by atoms with Gasteiger partial charge in [-0.1, -0.05) is 0 Å². The third-order valence-corrected chi connectivity index (χ3v) is 4.92. The molecule has 1 amide bonds. The lowest BCUT2D eigenvalue weighted by Crippen LogP contribution is -2.40. The molecule has 2 fully saturated rings. The van der Waals surface area contributed by atoms with Crippen LogP contribution in [-0.2, 0) is 9.53 Å². The average molecular weight is 344 g/mol. The third-order valence-electron chi connectivity index (χ3n) is 4.92. The molecular weight excluding hydrogens is 320 g/mol. The van der Waals surface area contributed by atoms with E-state index in [4.69, 9.17) is 9.15 Å². The van der Waals surface area contributed by atoms with Gasteiger partial charge in [-0.25, -0.2) is 0 Å². The number of carbonyl (C=O) groups excluding carboxylic acids is 1. The summed E-state index contributed by atoms with van der Waals surface area (Å²) in [5.74, 6) is 0.145. The summed E-state index contributed by atoms with van der Waals surface area (Å²) in [5.41, 5.74) is 2.25. The van der Waals surface area contributed by atoms with Crippen molar-refractivity contribution in [1.82, 2.24) is 10.3 Å². The van der Waals surface area contributed by atoms with E-state index in [9.17, 15) is 4.79 Å². The second-order valence-corrected chi connectivity index (χ2v) is 6.84. The highest BCUT2D eigenvalue weighted by atomic mass is 16.5. The van der Waals surface area contributed by atoms with Crippen LogP contribution in [0.3, 0.4) is 0 Å². The molecule has 0 saturated carbocycles. The van der Waals surface area contributed by atoms with Crippen molar-refractivity contribution in [2.45, 2.75) is 25.8 Å². The van der Waals surface area contributed by atoms with E-state index in [1.807, 2.05) is 18.2 Å². The molecule has 0 radical (unpaired) electrons. The molecule has 3 heterocycles. The Morgan fingerprint density at radius 2 is 2.20 bits per heavy atom. The van der Waals surface area contributed by atoms with Gasteiger partial charge >= 0.3 is 0 Å². The molecule has 0 spiro atoms. The minimum absolute atomic E-state index is 0.0607. The zero-order chi connectivity index (χ0) is 17.2. The number of hydrogen-bond acceptors (Lipinski definition) is 6. The van der Waals surface area contributed by atoms with E-state index >= 15 is 0 Å². The summed E-state index contributed by atoms with van der Waals surface area (Å²) in [6.07, 6.45) is 1.75. The lowest BCUT2D eigenvalue weighted by Gasteiger charge is -2.27. The van der Waals surface area contributed by atoms with Crippen LogP contribution in [0, 0.1) is 5.92 Å². The summed E-state index contributed by atoms with van der Waals surface area (Å²) < 4.78 is 11.3. The van der Waals surface area contributed by atoms with E-state index < -0.39 is 0 Å². The maximum absolute atomic E-state index is 12.5. The molecule has 7 nitrogen and oxygen atoms in total. The van der Waals surface area contributed by atoms with Crippen LogP contribution >= 0.6 is 0 Å². The van der Waals surface area contributed by atoms with Crippen LogP contribution in [0.4, 0.5) is 11.7 Å². The Balaban J connectivity index is 1.47. The Morgan fingerprint density at radius 3 is 3.00 bits per heavy atom. The fourth-order valence-electron chi connectivity index (χ4n) is 3.49. The maximum Gasteiger partial charge on any atom is 0.298 e. The number of nitrogens with one attached hydrogen (secondary N) is 2. The number of benzene rings is 1. The van der Waals surface area contributed by atoms with Crippen molar-refractivity contribution < 1.29 is 13.9 Å². The number of fused-ring (bicyclic) bond motifs is 1. The molecule has 2 N–H and O–H groups in total. The van der Waals surface area contributed by atoms with Crippen molar-refractivity contribution in [2.75, 3.05) is 43.1 Å². The van der Waals surface area contributed by atoms with Crippen LogP contribution in [0.5, 0.6) is 0 Å². The third kappa shape index (κ3) is 3.62. The van der Waals surface area contributed by atoms with Gasteiger partial charge in [0.15, 0.2) is 5.58 Å². The quantitative estimate of drug-likeness (QED) is 0.886. The van der Waals surface area contributed by atoms with Crippen LogP contribution in [0.25, 0.3) is 11.1 Å². The number of aromatic nitrogens is 1. The first-order valence-corrected chi connectivity index (χ1v) is 8.96. The average Bonchev–Trinajstić information content (AvgIpc) is 3.06. The van der Waals surface area contributed by atoms with Gasteiger partial charge in [0.1, 0.15) is 5.52 Å². The van der Waals surface area contributed by atoms with E-state index in [0.717, 1.165) is 43.7 Å². The monoisotopic (exact) mass is 344 g/mol. The molecule has 1 aromatic heterocycles. The summed E-state index contributed by atoms with van der Waals surface area (Å²) in [6, 6.07) is 6.64. The molecular formula is C18H24N4O3. The van der Waals surface area contributed by atoms with Gasteiger partial charge < -0.3 is 24.7 Å². The summed E-state index contributed by atoms with van der Waals surface area (Å²) >= 11 is 0. The summed E-state index contributed by atoms with van der Waals surface area (Å²) in [4.78, 5) is 19.1. The van der Waals surface area contributed by atoms with E-state index in [2.05, 4.69) is 27.4 Å². The van der Waals surface area contributed by atoms with Crippen molar-refractivity contribution >= 4 is 28.7 Å². The lowest BCUT2D eigenvalue weighted by molar-refractivity contribution is -0.120. The number of carbonyl (C=O) groups is 1. The Labute approximate surface area is 146 Å². The molecule has 7 heteroatoms. The van der Waals surface area contributed by atoms with Crippen molar-refractivity contribution in [3.05, 3.63) is 18.2 Å². The zero-order valence-electron chi connectivity index (χ0n) is 14.5. The van der Waals surface area contributed by atoms with Gasteiger partial charge in [-0.05, 0) is 38.4 Å². The number of amides is 1. The SMILES string of the molecule is C[C@H]1C[C@@H](C(=O)Nc2ccc3nc(N4CCOCC4)oc3c2)CCN1. The van der Waals surface area contributed by atoms with Gasteiger partial charge in [0.25, 0.3) is 6.01 Å². The van der Waals surface area contributed by atoms with Gasteiger partial charge in [-0.2, -0.15) is 4.98 Å². The molecule has 1 aromatic carbocycles. The van der Waals surface area contributed by atoms with E-state index in [1.54, 1.807) is 0 Å².